The largest absolute Gasteiger partial charge is 1.00 e. The van der Waals surface area contributed by atoms with Gasteiger partial charge >= 0.3 is 18.9 Å². The van der Waals surface area contributed by atoms with Gasteiger partial charge in [0.05, 0.1) is 0 Å². The Kier molecular flexibility index (Phi) is 20.4. The Labute approximate surface area is 41.4 Å². The van der Waals surface area contributed by atoms with E-state index in [0.717, 1.165) is 0 Å². The van der Waals surface area contributed by atoms with Crippen molar-refractivity contribution in [1.82, 2.24) is 0 Å². The van der Waals surface area contributed by atoms with Gasteiger partial charge in [-0.3, -0.25) is 0 Å². The average molecular weight is 65.1 g/mol. The zero-order valence-corrected chi connectivity index (χ0v) is 3.62. The van der Waals surface area contributed by atoms with Gasteiger partial charge in [-0.05, 0) is 0 Å². The zero-order valence-electron chi connectivity index (χ0n) is 2.62. The summed E-state index contributed by atoms with van der Waals surface area (Å²) in [7, 11) is 5.47. The summed E-state index contributed by atoms with van der Waals surface area (Å²) in [4.78, 5) is 0. The van der Waals surface area contributed by atoms with E-state index >= 15 is 0 Å². The summed E-state index contributed by atoms with van der Waals surface area (Å²) in [5, 5.41) is 0. The molecule has 0 aliphatic rings. The molecule has 3 radical (unpaired) electrons. The minimum absolute atomic E-state index is 0. The molecule has 17 valence electrons. The van der Waals surface area contributed by atoms with Crippen LogP contribution >= 0.6 is 0 Å². The van der Waals surface area contributed by atoms with Crippen LogP contribution in [0.2, 0.25) is 0 Å². The Morgan fingerprint density at radius 3 is 1.75 bits per heavy atom. The Bertz CT molecular complexity index is 8.00. The molecule has 0 bridgehead atoms. The van der Waals surface area contributed by atoms with Gasteiger partial charge in [0.25, 0.3) is 0 Å². The van der Waals surface area contributed by atoms with Crippen LogP contribution in [0.3, 0.4) is 0 Å². The first-order valence-corrected chi connectivity index (χ1v) is 0.901. The van der Waals surface area contributed by atoms with Crippen molar-refractivity contribution in [2.75, 3.05) is 0 Å². The van der Waals surface area contributed by atoms with Gasteiger partial charge in [-0.15, -0.1) is 0 Å². The molecule has 0 aromatic heterocycles. The van der Waals surface area contributed by atoms with E-state index in [-0.39, 0.29) is 18.9 Å². The van der Waals surface area contributed by atoms with E-state index in [1.165, 1.54) is 0 Å². The third kappa shape index (κ3) is 14.6. The van der Waals surface area contributed by atoms with Gasteiger partial charge < -0.3 is 4.43 Å². The summed E-state index contributed by atoms with van der Waals surface area (Å²) in [6.45, 7) is 0. The first kappa shape index (κ1) is 8.84. The van der Waals surface area contributed by atoms with Crippen LogP contribution in [0.4, 0.5) is 0 Å². The predicted molar refractivity (Wildman–Crippen MR) is 12.2 cm³/mol. The molecule has 0 aliphatic heterocycles. The van der Waals surface area contributed by atoms with Crippen molar-refractivity contribution < 1.29 is 23.3 Å². The summed E-state index contributed by atoms with van der Waals surface area (Å²) in [5.41, 5.74) is 0. The standard InChI is InChI=1S/CH2OSi.Li/c1-2-3;/h1H2;/q-1;+1. The molecule has 1 nitrogen and oxygen atoms in total. The second-order valence-electron chi connectivity index (χ2n) is 0.144. The molecule has 0 fully saturated rings. The second kappa shape index (κ2) is 9.23. The SMILES string of the molecule is [CH2-]O[Si].[Li+]. The Hall–Kier alpha value is 0.774. The van der Waals surface area contributed by atoms with Crippen LogP contribution in [0.15, 0.2) is 0 Å². The van der Waals surface area contributed by atoms with Crippen molar-refractivity contribution >= 4 is 10.5 Å². The first-order valence-electron chi connectivity index (χ1n) is 0.493. The normalized spacial score (nSPS) is 4.50. The third-order valence-corrected chi connectivity index (χ3v) is 0. The minimum atomic E-state index is 0. The molecule has 0 N–H and O–H groups in total. The topological polar surface area (TPSA) is 9.23 Å². The summed E-state index contributed by atoms with van der Waals surface area (Å²) in [6, 6.07) is 0. The second-order valence-corrected chi connectivity index (χ2v) is 0.433. The number of hydrogen-bond acceptors (Lipinski definition) is 1. The fraction of sp³-hybridized carbons (Fsp3) is 0. The monoisotopic (exact) mass is 65.0 g/mol. The van der Waals surface area contributed by atoms with Gasteiger partial charge in [0.15, 0.2) is 0 Å². The van der Waals surface area contributed by atoms with Crippen molar-refractivity contribution in [2.45, 2.75) is 0 Å². The number of hydrogen-bond donors (Lipinski definition) is 0. The van der Waals surface area contributed by atoms with Crippen LogP contribution in [0.25, 0.3) is 0 Å². The van der Waals surface area contributed by atoms with Crippen LogP contribution in [0.1, 0.15) is 0 Å². The van der Waals surface area contributed by atoms with Crippen molar-refractivity contribution in [3.63, 3.8) is 0 Å². The van der Waals surface area contributed by atoms with E-state index < -0.39 is 0 Å². The fourth-order valence-electron chi connectivity index (χ4n) is 0. The maximum atomic E-state index is 3.81. The molecule has 0 aromatic carbocycles. The van der Waals surface area contributed by atoms with Gasteiger partial charge in [-0.2, -0.15) is 0 Å². The summed E-state index contributed by atoms with van der Waals surface area (Å²) in [6.07, 6.45) is 0. The molecule has 0 rings (SSSR count). The van der Waals surface area contributed by atoms with Gasteiger partial charge in [0, 0.05) is 0 Å². The number of rotatable bonds is 0. The zero-order chi connectivity index (χ0) is 2.71. The van der Waals surface area contributed by atoms with Crippen molar-refractivity contribution in [3.8, 4) is 0 Å². The molecule has 3 heteroatoms. The van der Waals surface area contributed by atoms with Gasteiger partial charge in [0.2, 0.25) is 10.5 Å². The molecule has 0 aromatic rings. The fourth-order valence-corrected chi connectivity index (χ4v) is 0. The van der Waals surface area contributed by atoms with Crippen LogP contribution in [0.5, 0.6) is 0 Å². The van der Waals surface area contributed by atoms with E-state index in [1.807, 2.05) is 0 Å². The van der Waals surface area contributed by atoms with Gasteiger partial charge in [-0.25, -0.2) is 7.11 Å². The van der Waals surface area contributed by atoms with Crippen molar-refractivity contribution in [2.24, 2.45) is 0 Å². The Morgan fingerprint density at radius 2 is 1.75 bits per heavy atom. The van der Waals surface area contributed by atoms with Gasteiger partial charge in [0.1, 0.15) is 0 Å². The van der Waals surface area contributed by atoms with Crippen LogP contribution in [0, 0.1) is 7.11 Å². The molecule has 0 spiro atoms. The van der Waals surface area contributed by atoms with Crippen molar-refractivity contribution in [3.05, 3.63) is 7.11 Å². The molecule has 0 amide bonds. The molecule has 0 saturated heterocycles. The minimum Gasteiger partial charge on any atom is -0.597 e. The van der Waals surface area contributed by atoms with Gasteiger partial charge in [-0.1, -0.05) is 0 Å². The van der Waals surface area contributed by atoms with Crippen LogP contribution in [-0.4, -0.2) is 10.5 Å². The summed E-state index contributed by atoms with van der Waals surface area (Å²) >= 11 is 0. The maximum Gasteiger partial charge on any atom is 1.00 e. The summed E-state index contributed by atoms with van der Waals surface area (Å²) in [5.74, 6) is 0. The summed E-state index contributed by atoms with van der Waals surface area (Å²) < 4.78 is 3.81. The van der Waals surface area contributed by atoms with E-state index in [0.29, 0.717) is 0 Å². The molecule has 4 heavy (non-hydrogen) atoms. The first-order chi connectivity index (χ1) is 1.41. The molecule has 0 heterocycles. The van der Waals surface area contributed by atoms with E-state index in [2.05, 4.69) is 22.0 Å². The predicted octanol–water partition coefficient (Wildman–Crippen LogP) is -3.12. The average Bonchev–Trinajstić information content (AvgIpc) is 0.918. The molecule has 0 saturated carbocycles. The van der Waals surface area contributed by atoms with Crippen LogP contribution in [-0.2, 0) is 4.43 Å². The maximum absolute atomic E-state index is 3.81. The molecular weight excluding hydrogens is 63.0 g/mol. The molecule has 0 unspecified atom stereocenters. The Morgan fingerprint density at radius 1 is 1.75 bits per heavy atom. The van der Waals surface area contributed by atoms with Crippen molar-refractivity contribution in [1.29, 1.82) is 0 Å². The van der Waals surface area contributed by atoms with E-state index in [1.54, 1.807) is 0 Å². The Balaban J connectivity index is 0. The molecule has 0 atom stereocenters. The van der Waals surface area contributed by atoms with E-state index in [9.17, 15) is 0 Å². The third-order valence-electron chi connectivity index (χ3n) is 0. The molecular formula is CH2LiOSi. The molecule has 0 aliphatic carbocycles. The smallest absolute Gasteiger partial charge is 0.597 e. The van der Waals surface area contributed by atoms with E-state index in [4.69, 9.17) is 0 Å². The van der Waals surface area contributed by atoms with Crippen LogP contribution < -0.4 is 18.9 Å². The quantitative estimate of drug-likeness (QED) is 0.214.